The Balaban J connectivity index is 1.59. The lowest BCUT2D eigenvalue weighted by Crippen LogP contribution is -2.47. The molecule has 20 heavy (non-hydrogen) atoms. The molecule has 0 spiro atoms. The van der Waals surface area contributed by atoms with Gasteiger partial charge in [-0.2, -0.15) is 0 Å². The number of rotatable bonds is 2. The van der Waals surface area contributed by atoms with Gasteiger partial charge >= 0.3 is 0 Å². The van der Waals surface area contributed by atoms with Gasteiger partial charge in [-0.1, -0.05) is 0 Å². The summed E-state index contributed by atoms with van der Waals surface area (Å²) in [6, 6.07) is 2.81. The smallest absolute Gasteiger partial charge is 0.150 e. The number of piperidine rings is 1. The Morgan fingerprint density at radius 2 is 2.00 bits per heavy atom. The standard InChI is InChI=1S/C15H20N4S/c1-2-7-18(6-1)12-4-3-8-19(10-12)15-14-13(5-9-20-14)16-11-17-15/h5,9,11-12H,1-4,6-8,10H2/t12-/m1/s1. The van der Waals surface area contributed by atoms with Gasteiger partial charge in [0.25, 0.3) is 0 Å². The molecule has 2 aliphatic heterocycles. The van der Waals surface area contributed by atoms with Gasteiger partial charge in [0.05, 0.1) is 10.2 Å². The van der Waals surface area contributed by atoms with Crippen LogP contribution in [-0.2, 0) is 0 Å². The summed E-state index contributed by atoms with van der Waals surface area (Å²) in [6.45, 7) is 4.84. The van der Waals surface area contributed by atoms with Gasteiger partial charge in [0.15, 0.2) is 0 Å². The van der Waals surface area contributed by atoms with E-state index < -0.39 is 0 Å². The molecule has 2 saturated heterocycles. The number of likely N-dealkylation sites (tertiary alicyclic amines) is 1. The zero-order chi connectivity index (χ0) is 13.4. The number of hydrogen-bond acceptors (Lipinski definition) is 5. The molecule has 4 heterocycles. The van der Waals surface area contributed by atoms with Gasteiger partial charge in [-0.05, 0) is 50.2 Å². The van der Waals surface area contributed by atoms with E-state index in [9.17, 15) is 0 Å². The quantitative estimate of drug-likeness (QED) is 0.850. The first-order valence-electron chi connectivity index (χ1n) is 7.59. The summed E-state index contributed by atoms with van der Waals surface area (Å²) in [5.41, 5.74) is 1.09. The van der Waals surface area contributed by atoms with E-state index in [0.717, 1.165) is 30.5 Å². The fourth-order valence-corrected chi connectivity index (χ4v) is 4.41. The van der Waals surface area contributed by atoms with Gasteiger partial charge in [-0.3, -0.25) is 4.90 Å². The van der Waals surface area contributed by atoms with Crippen molar-refractivity contribution in [1.29, 1.82) is 0 Å². The van der Waals surface area contributed by atoms with Crippen molar-refractivity contribution in [2.24, 2.45) is 0 Å². The molecule has 5 heteroatoms. The lowest BCUT2D eigenvalue weighted by molar-refractivity contribution is 0.215. The molecule has 0 bridgehead atoms. The molecule has 0 aromatic carbocycles. The molecule has 0 N–H and O–H groups in total. The molecule has 4 nitrogen and oxygen atoms in total. The summed E-state index contributed by atoms with van der Waals surface area (Å²) in [4.78, 5) is 14.1. The largest absolute Gasteiger partial charge is 0.354 e. The van der Waals surface area contributed by atoms with Crippen molar-refractivity contribution in [1.82, 2.24) is 14.9 Å². The van der Waals surface area contributed by atoms with Crippen molar-refractivity contribution in [2.75, 3.05) is 31.1 Å². The van der Waals surface area contributed by atoms with Gasteiger partial charge in [0, 0.05) is 19.1 Å². The maximum absolute atomic E-state index is 4.57. The van der Waals surface area contributed by atoms with Gasteiger partial charge in [0.1, 0.15) is 12.1 Å². The van der Waals surface area contributed by atoms with Crippen LogP contribution in [0, 0.1) is 0 Å². The van der Waals surface area contributed by atoms with Crippen LogP contribution < -0.4 is 4.90 Å². The molecule has 0 radical (unpaired) electrons. The predicted molar refractivity (Wildman–Crippen MR) is 83.5 cm³/mol. The SMILES string of the molecule is c1nc(N2CCC[C@@H](N3CCCC3)C2)c2sccc2n1. The summed E-state index contributed by atoms with van der Waals surface area (Å²) < 4.78 is 1.24. The molecule has 2 aromatic rings. The first-order chi connectivity index (χ1) is 9.92. The zero-order valence-corrected chi connectivity index (χ0v) is 12.5. The van der Waals surface area contributed by atoms with E-state index in [1.807, 2.05) is 0 Å². The third-order valence-electron chi connectivity index (χ3n) is 4.58. The van der Waals surface area contributed by atoms with Crippen molar-refractivity contribution in [3.05, 3.63) is 17.8 Å². The minimum absolute atomic E-state index is 0.719. The highest BCUT2D eigenvalue weighted by molar-refractivity contribution is 7.17. The molecule has 2 aromatic heterocycles. The highest BCUT2D eigenvalue weighted by atomic mass is 32.1. The molecule has 0 amide bonds. The maximum atomic E-state index is 4.57. The molecule has 106 valence electrons. The molecule has 0 unspecified atom stereocenters. The Kier molecular flexibility index (Phi) is 3.32. The van der Waals surface area contributed by atoms with Crippen molar-refractivity contribution >= 4 is 27.4 Å². The van der Waals surface area contributed by atoms with Crippen LogP contribution >= 0.6 is 11.3 Å². The van der Waals surface area contributed by atoms with Gasteiger partial charge in [-0.25, -0.2) is 9.97 Å². The number of aromatic nitrogens is 2. The first-order valence-corrected chi connectivity index (χ1v) is 8.47. The molecule has 2 aliphatic rings. The van der Waals surface area contributed by atoms with Crippen LogP contribution in [0.2, 0.25) is 0 Å². The summed E-state index contributed by atoms with van der Waals surface area (Å²) >= 11 is 1.76. The number of thiophene rings is 1. The van der Waals surface area contributed by atoms with E-state index >= 15 is 0 Å². The fraction of sp³-hybridized carbons (Fsp3) is 0.600. The average Bonchev–Trinajstić information content (AvgIpc) is 3.18. The van der Waals surface area contributed by atoms with Gasteiger partial charge < -0.3 is 4.90 Å². The van der Waals surface area contributed by atoms with E-state index in [4.69, 9.17) is 0 Å². The second-order valence-corrected chi connectivity index (χ2v) is 6.73. The third-order valence-corrected chi connectivity index (χ3v) is 5.48. The second-order valence-electron chi connectivity index (χ2n) is 5.82. The van der Waals surface area contributed by atoms with E-state index in [1.165, 1.54) is 43.5 Å². The molecule has 2 fully saturated rings. The van der Waals surface area contributed by atoms with Crippen LogP contribution in [-0.4, -0.2) is 47.1 Å². The van der Waals surface area contributed by atoms with Crippen molar-refractivity contribution in [2.45, 2.75) is 31.7 Å². The van der Waals surface area contributed by atoms with Crippen LogP contribution in [0.3, 0.4) is 0 Å². The maximum Gasteiger partial charge on any atom is 0.150 e. The Labute approximate surface area is 123 Å². The Bertz CT molecular complexity index is 590. The number of nitrogens with zero attached hydrogens (tertiary/aromatic N) is 4. The summed E-state index contributed by atoms with van der Waals surface area (Å²) in [7, 11) is 0. The summed E-state index contributed by atoms with van der Waals surface area (Å²) in [5.74, 6) is 1.15. The second kappa shape index (κ2) is 5.30. The Hall–Kier alpha value is -1.20. The first kappa shape index (κ1) is 12.5. The lowest BCUT2D eigenvalue weighted by Gasteiger charge is -2.38. The van der Waals surface area contributed by atoms with Crippen LogP contribution in [0.5, 0.6) is 0 Å². The highest BCUT2D eigenvalue weighted by Gasteiger charge is 2.28. The van der Waals surface area contributed by atoms with Gasteiger partial charge in [0.2, 0.25) is 0 Å². The summed E-state index contributed by atoms with van der Waals surface area (Å²) in [6.07, 6.45) is 7.08. The normalized spacial score (nSPS) is 24.6. The van der Waals surface area contributed by atoms with Gasteiger partial charge in [-0.15, -0.1) is 11.3 Å². The monoisotopic (exact) mass is 288 g/mol. The zero-order valence-electron chi connectivity index (χ0n) is 11.7. The third kappa shape index (κ3) is 2.19. The Morgan fingerprint density at radius 1 is 1.10 bits per heavy atom. The van der Waals surface area contributed by atoms with E-state index in [-0.39, 0.29) is 0 Å². The topological polar surface area (TPSA) is 32.3 Å². The van der Waals surface area contributed by atoms with E-state index in [1.54, 1.807) is 17.7 Å². The van der Waals surface area contributed by atoms with Crippen LogP contribution in [0.15, 0.2) is 17.8 Å². The number of hydrogen-bond donors (Lipinski definition) is 0. The summed E-state index contributed by atoms with van der Waals surface area (Å²) in [5, 5.41) is 2.12. The average molecular weight is 288 g/mol. The molecule has 0 aliphatic carbocycles. The van der Waals surface area contributed by atoms with E-state index in [2.05, 4.69) is 31.2 Å². The molecular weight excluding hydrogens is 268 g/mol. The lowest BCUT2D eigenvalue weighted by atomic mass is 10.0. The minimum atomic E-state index is 0.719. The number of fused-ring (bicyclic) bond motifs is 1. The van der Waals surface area contributed by atoms with Crippen LogP contribution in [0.4, 0.5) is 5.82 Å². The van der Waals surface area contributed by atoms with Crippen molar-refractivity contribution in [3.63, 3.8) is 0 Å². The predicted octanol–water partition coefficient (Wildman–Crippen LogP) is 2.76. The van der Waals surface area contributed by atoms with Crippen molar-refractivity contribution < 1.29 is 0 Å². The van der Waals surface area contributed by atoms with Crippen LogP contribution in [0.25, 0.3) is 10.2 Å². The highest BCUT2D eigenvalue weighted by Crippen LogP contribution is 2.31. The minimum Gasteiger partial charge on any atom is -0.354 e. The Morgan fingerprint density at radius 3 is 2.90 bits per heavy atom. The van der Waals surface area contributed by atoms with Crippen molar-refractivity contribution in [3.8, 4) is 0 Å². The molecule has 1 atom stereocenters. The molecular formula is C15H20N4S. The molecule has 0 saturated carbocycles. The fourth-order valence-electron chi connectivity index (χ4n) is 3.55. The van der Waals surface area contributed by atoms with Crippen LogP contribution in [0.1, 0.15) is 25.7 Å². The number of anilines is 1. The molecule has 4 rings (SSSR count). The van der Waals surface area contributed by atoms with E-state index in [0.29, 0.717) is 0 Å².